The number of alkyl halides is 1. The number of piperazine rings is 1. The number of amides is 1. The van der Waals surface area contributed by atoms with Gasteiger partial charge in [-0.15, -0.1) is 11.6 Å². The smallest absolute Gasteiger partial charge is 0.407 e. The molecule has 2 heterocycles. The Balaban J connectivity index is 1.89. The first kappa shape index (κ1) is 13.1. The van der Waals surface area contributed by atoms with E-state index in [2.05, 4.69) is 9.88 Å². The molecule has 98 valence electrons. The number of carbonyl (C=O) groups is 1. The van der Waals surface area contributed by atoms with E-state index in [1.54, 1.807) is 0 Å². The van der Waals surface area contributed by atoms with Crippen LogP contribution in [0.4, 0.5) is 4.79 Å². The van der Waals surface area contributed by atoms with Crippen LogP contribution in [0.2, 0.25) is 0 Å². The van der Waals surface area contributed by atoms with Crippen molar-refractivity contribution in [3.8, 4) is 0 Å². The lowest BCUT2D eigenvalue weighted by Gasteiger charge is -2.32. The topological polar surface area (TPSA) is 56.7 Å². The maximum absolute atomic E-state index is 10.8. The summed E-state index contributed by atoms with van der Waals surface area (Å²) in [6, 6.07) is 5.83. The molecule has 1 N–H and O–H groups in total. The second-order valence-electron chi connectivity index (χ2n) is 4.30. The summed E-state index contributed by atoms with van der Waals surface area (Å²) in [6.45, 7) is 3.37. The zero-order valence-corrected chi connectivity index (χ0v) is 10.8. The van der Waals surface area contributed by atoms with Gasteiger partial charge in [-0.25, -0.2) is 4.79 Å². The Morgan fingerprint density at radius 2 is 1.94 bits per heavy atom. The molecule has 0 bridgehead atoms. The van der Waals surface area contributed by atoms with Crippen LogP contribution in [0.25, 0.3) is 0 Å². The van der Waals surface area contributed by atoms with Crippen LogP contribution in [0.15, 0.2) is 18.2 Å². The van der Waals surface area contributed by atoms with Gasteiger partial charge in [-0.3, -0.25) is 9.88 Å². The Hall–Kier alpha value is -1.33. The SMILES string of the molecule is O=C(O)N1CCN(Cc2cccc(CCl)n2)CC1. The third-order valence-corrected chi connectivity index (χ3v) is 3.30. The third-order valence-electron chi connectivity index (χ3n) is 3.03. The van der Waals surface area contributed by atoms with Gasteiger partial charge in [0.2, 0.25) is 0 Å². The number of rotatable bonds is 3. The summed E-state index contributed by atoms with van der Waals surface area (Å²) in [6.07, 6.45) is -0.836. The summed E-state index contributed by atoms with van der Waals surface area (Å²) >= 11 is 5.75. The van der Waals surface area contributed by atoms with Crippen LogP contribution >= 0.6 is 11.6 Å². The van der Waals surface area contributed by atoms with E-state index in [0.717, 1.165) is 31.0 Å². The van der Waals surface area contributed by atoms with Gasteiger partial charge in [0.1, 0.15) is 0 Å². The molecule has 1 fully saturated rings. The third kappa shape index (κ3) is 3.34. The van der Waals surface area contributed by atoms with Crippen LogP contribution < -0.4 is 0 Å². The van der Waals surface area contributed by atoms with Crippen molar-refractivity contribution in [3.63, 3.8) is 0 Å². The monoisotopic (exact) mass is 269 g/mol. The van der Waals surface area contributed by atoms with Gasteiger partial charge < -0.3 is 10.0 Å². The molecule has 0 saturated carbocycles. The summed E-state index contributed by atoms with van der Waals surface area (Å²) in [5, 5.41) is 8.86. The van der Waals surface area contributed by atoms with Crippen molar-refractivity contribution in [2.75, 3.05) is 26.2 Å². The Morgan fingerprint density at radius 1 is 1.28 bits per heavy atom. The minimum Gasteiger partial charge on any atom is -0.465 e. The average Bonchev–Trinajstić information content (AvgIpc) is 2.39. The Kier molecular flexibility index (Phi) is 4.38. The molecule has 0 unspecified atom stereocenters. The molecule has 1 aliphatic rings. The minimum absolute atomic E-state index is 0.417. The fourth-order valence-electron chi connectivity index (χ4n) is 2.02. The number of pyridine rings is 1. The van der Waals surface area contributed by atoms with Gasteiger partial charge in [0, 0.05) is 32.7 Å². The van der Waals surface area contributed by atoms with Gasteiger partial charge in [0.05, 0.1) is 17.3 Å². The van der Waals surface area contributed by atoms with Crippen LogP contribution in [0.3, 0.4) is 0 Å². The highest BCUT2D eigenvalue weighted by molar-refractivity contribution is 6.16. The highest BCUT2D eigenvalue weighted by Crippen LogP contribution is 2.08. The van der Waals surface area contributed by atoms with E-state index in [1.807, 2.05) is 18.2 Å². The lowest BCUT2D eigenvalue weighted by molar-refractivity contribution is 0.102. The maximum Gasteiger partial charge on any atom is 0.407 e. The molecule has 2 rings (SSSR count). The van der Waals surface area contributed by atoms with Crippen LogP contribution in [0.5, 0.6) is 0 Å². The Labute approximate surface area is 111 Å². The maximum atomic E-state index is 10.8. The zero-order chi connectivity index (χ0) is 13.0. The molecule has 1 saturated heterocycles. The number of nitrogens with zero attached hydrogens (tertiary/aromatic N) is 3. The van der Waals surface area contributed by atoms with Gasteiger partial charge in [0.25, 0.3) is 0 Å². The van der Waals surface area contributed by atoms with Crippen molar-refractivity contribution in [1.29, 1.82) is 0 Å². The van der Waals surface area contributed by atoms with Crippen LogP contribution in [-0.4, -0.2) is 52.2 Å². The predicted molar refractivity (Wildman–Crippen MR) is 68.7 cm³/mol. The molecule has 5 nitrogen and oxygen atoms in total. The molecule has 1 aliphatic heterocycles. The number of aromatic nitrogens is 1. The zero-order valence-electron chi connectivity index (χ0n) is 10.0. The summed E-state index contributed by atoms with van der Waals surface area (Å²) < 4.78 is 0. The van der Waals surface area contributed by atoms with Gasteiger partial charge in [-0.05, 0) is 12.1 Å². The van der Waals surface area contributed by atoms with E-state index in [0.29, 0.717) is 19.0 Å². The largest absolute Gasteiger partial charge is 0.465 e. The Morgan fingerprint density at radius 3 is 2.56 bits per heavy atom. The highest BCUT2D eigenvalue weighted by atomic mass is 35.5. The molecule has 0 atom stereocenters. The average molecular weight is 270 g/mol. The molecular weight excluding hydrogens is 254 g/mol. The van der Waals surface area contributed by atoms with Crippen molar-refractivity contribution in [1.82, 2.24) is 14.8 Å². The van der Waals surface area contributed by atoms with E-state index in [1.165, 1.54) is 4.90 Å². The van der Waals surface area contributed by atoms with Crippen molar-refractivity contribution in [2.45, 2.75) is 12.4 Å². The summed E-state index contributed by atoms with van der Waals surface area (Å²) in [5.41, 5.74) is 1.86. The van der Waals surface area contributed by atoms with Crippen molar-refractivity contribution in [3.05, 3.63) is 29.6 Å². The molecule has 0 radical (unpaired) electrons. The van der Waals surface area contributed by atoms with E-state index in [4.69, 9.17) is 16.7 Å². The molecule has 1 aromatic heterocycles. The van der Waals surface area contributed by atoms with Crippen molar-refractivity contribution < 1.29 is 9.90 Å². The lowest BCUT2D eigenvalue weighted by atomic mass is 10.2. The number of hydrogen-bond acceptors (Lipinski definition) is 3. The second kappa shape index (κ2) is 6.02. The standard InChI is InChI=1S/C12H16ClN3O2/c13-8-10-2-1-3-11(14-10)9-15-4-6-16(7-5-15)12(17)18/h1-3H,4-9H2,(H,17,18). The van der Waals surface area contributed by atoms with E-state index in [9.17, 15) is 4.79 Å². The number of carboxylic acid groups (broad SMARTS) is 1. The van der Waals surface area contributed by atoms with Gasteiger partial charge in [-0.2, -0.15) is 0 Å². The first-order valence-corrected chi connectivity index (χ1v) is 6.43. The molecule has 0 spiro atoms. The fraction of sp³-hybridized carbons (Fsp3) is 0.500. The molecule has 0 aliphatic carbocycles. The normalized spacial score (nSPS) is 16.8. The molecule has 18 heavy (non-hydrogen) atoms. The lowest BCUT2D eigenvalue weighted by Crippen LogP contribution is -2.47. The summed E-state index contributed by atoms with van der Waals surface area (Å²) in [4.78, 5) is 18.9. The summed E-state index contributed by atoms with van der Waals surface area (Å²) in [7, 11) is 0. The van der Waals surface area contributed by atoms with Gasteiger partial charge in [0.15, 0.2) is 0 Å². The first-order chi connectivity index (χ1) is 8.69. The van der Waals surface area contributed by atoms with Gasteiger partial charge >= 0.3 is 6.09 Å². The van der Waals surface area contributed by atoms with E-state index >= 15 is 0 Å². The summed E-state index contributed by atoms with van der Waals surface area (Å²) in [5.74, 6) is 0.417. The van der Waals surface area contributed by atoms with Crippen LogP contribution in [0, 0.1) is 0 Å². The Bertz CT molecular complexity index is 420. The fourth-order valence-corrected chi connectivity index (χ4v) is 2.17. The quantitative estimate of drug-likeness (QED) is 0.847. The first-order valence-electron chi connectivity index (χ1n) is 5.90. The van der Waals surface area contributed by atoms with Crippen molar-refractivity contribution >= 4 is 17.7 Å². The highest BCUT2D eigenvalue weighted by Gasteiger charge is 2.20. The molecule has 1 amide bonds. The van der Waals surface area contributed by atoms with E-state index in [-0.39, 0.29) is 0 Å². The van der Waals surface area contributed by atoms with Crippen LogP contribution in [0.1, 0.15) is 11.4 Å². The van der Waals surface area contributed by atoms with Crippen molar-refractivity contribution in [2.24, 2.45) is 0 Å². The molecule has 1 aromatic rings. The second-order valence-corrected chi connectivity index (χ2v) is 4.57. The van der Waals surface area contributed by atoms with Crippen LogP contribution in [-0.2, 0) is 12.4 Å². The molecule has 0 aromatic carbocycles. The number of hydrogen-bond donors (Lipinski definition) is 1. The molecular formula is C12H16ClN3O2. The molecule has 6 heteroatoms. The minimum atomic E-state index is -0.836. The van der Waals surface area contributed by atoms with Gasteiger partial charge in [-0.1, -0.05) is 6.07 Å². The van der Waals surface area contributed by atoms with E-state index < -0.39 is 6.09 Å². The predicted octanol–water partition coefficient (Wildman–Crippen LogP) is 1.62. The number of halogens is 1.